The Morgan fingerprint density at radius 2 is 2.05 bits per heavy atom. The second-order valence-corrected chi connectivity index (χ2v) is 6.90. The lowest BCUT2D eigenvalue weighted by Crippen LogP contribution is -2.47. The van der Waals surface area contributed by atoms with Gasteiger partial charge in [-0.25, -0.2) is 17.9 Å². The number of hydrogen-bond acceptors (Lipinski definition) is 4. The quantitative estimate of drug-likeness (QED) is 0.730. The van der Waals surface area contributed by atoms with Crippen molar-refractivity contribution in [3.8, 4) is 0 Å². The van der Waals surface area contributed by atoms with Gasteiger partial charge in [0.1, 0.15) is 10.6 Å². The number of carbonyl (C=O) groups is 1. The Bertz CT molecular complexity index is 644. The summed E-state index contributed by atoms with van der Waals surface area (Å²) in [4.78, 5) is 13.7. The minimum absolute atomic E-state index is 0.0276. The summed E-state index contributed by atoms with van der Waals surface area (Å²) in [6, 6.07) is -0.159. The summed E-state index contributed by atoms with van der Waals surface area (Å²) in [7, 11) is -3.73. The lowest BCUT2D eigenvalue weighted by Gasteiger charge is -2.35. The van der Waals surface area contributed by atoms with E-state index in [0.29, 0.717) is 25.1 Å². The van der Waals surface area contributed by atoms with Crippen molar-refractivity contribution < 1.29 is 23.1 Å². The Labute approximate surface area is 123 Å². The highest BCUT2D eigenvalue weighted by molar-refractivity contribution is 7.89. The van der Waals surface area contributed by atoms with Gasteiger partial charge < -0.3 is 14.8 Å². The molecule has 1 heterocycles. The molecule has 0 amide bonds. The van der Waals surface area contributed by atoms with Crippen LogP contribution >= 0.6 is 0 Å². The van der Waals surface area contributed by atoms with Crippen LogP contribution in [0.3, 0.4) is 0 Å². The highest BCUT2D eigenvalue weighted by Gasteiger charge is 2.35. The molecular weight excluding hydrogens is 296 g/mol. The molecule has 0 aromatic carbocycles. The number of aryl methyl sites for hydroxylation is 1. The molecule has 118 valence electrons. The number of ether oxygens (including phenoxy) is 1. The normalized spacial score (nSPS) is 22.0. The molecule has 3 N–H and O–H groups in total. The van der Waals surface area contributed by atoms with E-state index in [9.17, 15) is 13.2 Å². The molecule has 1 aromatic rings. The number of aromatic amines is 1. The minimum atomic E-state index is -3.73. The van der Waals surface area contributed by atoms with Gasteiger partial charge in [-0.3, -0.25) is 0 Å². The van der Waals surface area contributed by atoms with E-state index in [2.05, 4.69) is 9.71 Å². The van der Waals surface area contributed by atoms with Crippen molar-refractivity contribution in [2.24, 2.45) is 0 Å². The predicted molar refractivity (Wildman–Crippen MR) is 76.0 cm³/mol. The summed E-state index contributed by atoms with van der Waals surface area (Å²) in [6.07, 6.45) is 1.38. The van der Waals surface area contributed by atoms with Gasteiger partial charge in [-0.15, -0.1) is 0 Å². The molecule has 1 aliphatic rings. The van der Waals surface area contributed by atoms with E-state index in [1.807, 2.05) is 6.92 Å². The molecule has 8 heteroatoms. The fraction of sp³-hybridized carbons (Fsp3) is 0.615. The minimum Gasteiger partial charge on any atom is -0.477 e. The van der Waals surface area contributed by atoms with E-state index in [0.717, 1.165) is 0 Å². The number of sulfonamides is 1. The number of carboxylic acids is 1. The first-order valence-corrected chi connectivity index (χ1v) is 8.31. The van der Waals surface area contributed by atoms with Gasteiger partial charge in [0.2, 0.25) is 10.0 Å². The zero-order valence-electron chi connectivity index (χ0n) is 12.3. The largest absolute Gasteiger partial charge is 0.477 e. The molecule has 1 aliphatic carbocycles. The zero-order valence-corrected chi connectivity index (χ0v) is 13.1. The second kappa shape index (κ2) is 5.78. The molecular formula is C13H20N2O5S. The predicted octanol–water partition coefficient (Wildman–Crippen LogP) is 1.18. The van der Waals surface area contributed by atoms with Crippen LogP contribution in [-0.4, -0.2) is 43.2 Å². The van der Waals surface area contributed by atoms with E-state index in [-0.39, 0.29) is 28.3 Å². The Balaban J connectivity index is 2.16. The fourth-order valence-corrected chi connectivity index (χ4v) is 4.37. The molecule has 0 atom stereocenters. The molecule has 0 unspecified atom stereocenters. The van der Waals surface area contributed by atoms with Gasteiger partial charge in [0.15, 0.2) is 0 Å². The average Bonchev–Trinajstić information content (AvgIpc) is 2.62. The summed E-state index contributed by atoms with van der Waals surface area (Å²) < 4.78 is 32.8. The third kappa shape index (κ3) is 3.12. The summed E-state index contributed by atoms with van der Waals surface area (Å²) in [5, 5.41) is 9.04. The molecule has 1 saturated carbocycles. The molecule has 1 aromatic heterocycles. The highest BCUT2D eigenvalue weighted by atomic mass is 32.2. The van der Waals surface area contributed by atoms with Gasteiger partial charge >= 0.3 is 5.97 Å². The van der Waals surface area contributed by atoms with Gasteiger partial charge in [-0.2, -0.15) is 0 Å². The van der Waals surface area contributed by atoms with Crippen LogP contribution in [0.15, 0.2) is 4.90 Å². The molecule has 0 aliphatic heterocycles. The van der Waals surface area contributed by atoms with Crippen LogP contribution in [-0.2, 0) is 14.8 Å². The first kappa shape index (κ1) is 16.0. The fourth-order valence-electron chi connectivity index (χ4n) is 2.66. The maximum absolute atomic E-state index is 12.4. The Morgan fingerprint density at radius 1 is 1.43 bits per heavy atom. The van der Waals surface area contributed by atoms with Gasteiger partial charge in [0.05, 0.1) is 6.10 Å². The second-order valence-electron chi connectivity index (χ2n) is 5.25. The van der Waals surface area contributed by atoms with E-state index in [1.165, 1.54) is 6.92 Å². The first-order valence-electron chi connectivity index (χ1n) is 6.82. The molecule has 1 fully saturated rings. The van der Waals surface area contributed by atoms with Crippen LogP contribution in [0.2, 0.25) is 0 Å². The van der Waals surface area contributed by atoms with Crippen LogP contribution in [0.4, 0.5) is 0 Å². The maximum Gasteiger partial charge on any atom is 0.352 e. The van der Waals surface area contributed by atoms with Crippen LogP contribution in [0.25, 0.3) is 0 Å². The van der Waals surface area contributed by atoms with Crippen LogP contribution in [0.5, 0.6) is 0 Å². The SMILES string of the molecule is CCOC1CC(NS(=O)(=O)c2c(C)[nH]c(C(=O)O)c2C)C1. The van der Waals surface area contributed by atoms with Crippen molar-refractivity contribution in [2.75, 3.05) is 6.61 Å². The Morgan fingerprint density at radius 3 is 2.52 bits per heavy atom. The van der Waals surface area contributed by atoms with Crippen molar-refractivity contribution in [1.29, 1.82) is 0 Å². The number of aromatic nitrogens is 1. The Hall–Kier alpha value is -1.38. The van der Waals surface area contributed by atoms with E-state index >= 15 is 0 Å². The number of nitrogens with one attached hydrogen (secondary N) is 2. The number of aromatic carboxylic acids is 1. The van der Waals surface area contributed by atoms with E-state index in [1.54, 1.807) is 6.92 Å². The van der Waals surface area contributed by atoms with Gasteiger partial charge in [-0.05, 0) is 33.6 Å². The van der Waals surface area contributed by atoms with Crippen LogP contribution in [0, 0.1) is 13.8 Å². The van der Waals surface area contributed by atoms with Crippen LogP contribution < -0.4 is 4.72 Å². The number of H-pyrrole nitrogens is 1. The van der Waals surface area contributed by atoms with E-state index < -0.39 is 16.0 Å². The van der Waals surface area contributed by atoms with Crippen LogP contribution in [0.1, 0.15) is 41.5 Å². The standard InChI is InChI=1S/C13H20N2O5S/c1-4-20-10-5-9(6-10)15-21(18,19)12-7(2)11(13(16)17)14-8(12)3/h9-10,14-15H,4-6H2,1-3H3,(H,16,17). The Kier molecular flexibility index (Phi) is 4.40. The third-order valence-electron chi connectivity index (χ3n) is 3.67. The smallest absolute Gasteiger partial charge is 0.352 e. The average molecular weight is 316 g/mol. The van der Waals surface area contributed by atoms with Crippen molar-refractivity contribution in [2.45, 2.75) is 50.7 Å². The zero-order chi connectivity index (χ0) is 15.8. The summed E-state index contributed by atoms with van der Waals surface area (Å²) in [6.45, 7) is 5.56. The van der Waals surface area contributed by atoms with Gasteiger partial charge in [-0.1, -0.05) is 0 Å². The van der Waals surface area contributed by atoms with Crippen molar-refractivity contribution in [3.05, 3.63) is 17.0 Å². The first-order chi connectivity index (χ1) is 9.76. The summed E-state index contributed by atoms with van der Waals surface area (Å²) >= 11 is 0. The molecule has 0 spiro atoms. The van der Waals surface area contributed by atoms with Crippen molar-refractivity contribution in [1.82, 2.24) is 9.71 Å². The molecule has 2 rings (SSSR count). The number of carboxylic acid groups (broad SMARTS) is 1. The number of rotatable bonds is 6. The molecule has 21 heavy (non-hydrogen) atoms. The lowest BCUT2D eigenvalue weighted by atomic mass is 9.90. The van der Waals surface area contributed by atoms with E-state index in [4.69, 9.17) is 9.84 Å². The monoisotopic (exact) mass is 316 g/mol. The summed E-state index contributed by atoms with van der Waals surface area (Å²) in [5.41, 5.74) is 0.472. The molecule has 7 nitrogen and oxygen atoms in total. The van der Waals surface area contributed by atoms with Gasteiger partial charge in [0, 0.05) is 23.9 Å². The molecule has 0 bridgehead atoms. The molecule has 0 saturated heterocycles. The molecule has 0 radical (unpaired) electrons. The highest BCUT2D eigenvalue weighted by Crippen LogP contribution is 2.28. The van der Waals surface area contributed by atoms with Gasteiger partial charge in [0.25, 0.3) is 0 Å². The summed E-state index contributed by atoms with van der Waals surface area (Å²) in [5.74, 6) is -1.17. The third-order valence-corrected chi connectivity index (χ3v) is 5.46. The number of hydrogen-bond donors (Lipinski definition) is 3. The maximum atomic E-state index is 12.4. The van der Waals surface area contributed by atoms with Crippen molar-refractivity contribution >= 4 is 16.0 Å². The van der Waals surface area contributed by atoms with Crippen molar-refractivity contribution in [3.63, 3.8) is 0 Å². The lowest BCUT2D eigenvalue weighted by molar-refractivity contribution is -0.00476. The topological polar surface area (TPSA) is 108 Å².